The topological polar surface area (TPSA) is 81.7 Å². The van der Waals surface area contributed by atoms with Crippen LogP contribution in [0.25, 0.3) is 0 Å². The minimum Gasteiger partial charge on any atom is -0.460 e. The number of carbonyl (C=O) groups is 3. The minimum atomic E-state index is -2.73. The fraction of sp³-hybridized carbons (Fsp3) is 0.447. The molecule has 0 aliphatic carbocycles. The number of ketones is 2. The molecule has 3 aromatic rings. The lowest BCUT2D eigenvalue weighted by molar-refractivity contribution is -0.155. The van der Waals surface area contributed by atoms with Gasteiger partial charge in [-0.3, -0.25) is 14.4 Å². The first-order valence-corrected chi connectivity index (χ1v) is 19.0. The summed E-state index contributed by atoms with van der Waals surface area (Å²) < 4.78 is 12.3. The summed E-state index contributed by atoms with van der Waals surface area (Å²) in [7, 11) is -2.73. The van der Waals surface area contributed by atoms with Crippen molar-refractivity contribution in [1.82, 2.24) is 5.32 Å². The molecule has 0 spiro atoms. The van der Waals surface area contributed by atoms with Gasteiger partial charge in [-0.15, -0.1) is 0 Å². The summed E-state index contributed by atoms with van der Waals surface area (Å²) in [6.07, 6.45) is 1.62. The number of benzene rings is 3. The second-order valence-electron chi connectivity index (χ2n) is 13.9. The number of rotatable bonds is 17. The average molecular weight is 699 g/mol. The maximum atomic E-state index is 13.3. The van der Waals surface area contributed by atoms with E-state index in [2.05, 4.69) is 50.4 Å². The molecule has 0 amide bonds. The fourth-order valence-corrected chi connectivity index (χ4v) is 10.6. The van der Waals surface area contributed by atoms with Gasteiger partial charge in [-0.2, -0.15) is 0 Å². The molecule has 0 radical (unpaired) electrons. The van der Waals surface area contributed by atoms with Crippen molar-refractivity contribution in [3.05, 3.63) is 94.5 Å². The van der Waals surface area contributed by atoms with Crippen LogP contribution in [0.3, 0.4) is 0 Å². The molecule has 0 aliphatic rings. The van der Waals surface area contributed by atoms with E-state index < -0.39 is 20.0 Å². The summed E-state index contributed by atoms with van der Waals surface area (Å²) in [5.41, 5.74) is 0.288. The molecule has 3 rings (SSSR count). The quantitative estimate of drug-likeness (QED) is 0.116. The lowest BCUT2D eigenvalue weighted by Gasteiger charge is -2.43. The van der Waals surface area contributed by atoms with Crippen LogP contribution >= 0.6 is 23.2 Å². The third-order valence-electron chi connectivity index (χ3n) is 8.00. The van der Waals surface area contributed by atoms with Crippen LogP contribution in [-0.4, -0.2) is 50.6 Å². The number of nitrogens with one attached hydrogen (secondary N) is 1. The van der Waals surface area contributed by atoms with E-state index >= 15 is 0 Å². The van der Waals surface area contributed by atoms with Crippen LogP contribution in [-0.2, 0) is 30.0 Å². The Kier molecular flexibility index (Phi) is 14.4. The number of carbonyl (C=O) groups excluding carboxylic acids is 3. The van der Waals surface area contributed by atoms with Gasteiger partial charge in [0.15, 0.2) is 0 Å². The van der Waals surface area contributed by atoms with Crippen LogP contribution in [0.5, 0.6) is 0 Å². The maximum absolute atomic E-state index is 13.3. The van der Waals surface area contributed by atoms with Crippen LogP contribution in [0.1, 0.15) is 79.2 Å². The average Bonchev–Trinajstić information content (AvgIpc) is 3.00. The van der Waals surface area contributed by atoms with Crippen molar-refractivity contribution in [1.29, 1.82) is 0 Å². The molecule has 0 heterocycles. The van der Waals surface area contributed by atoms with E-state index in [0.29, 0.717) is 29.6 Å². The SMILES string of the molecule is CC(C)(C)OC(=O)CC[C@@H](NCCC(=O)CCO[Si](c1ccccc1)(c1ccccc1)C(C)(C)C)C(=O)CCc1ccc(Cl)c(Cl)c1. The lowest BCUT2D eigenvalue weighted by atomic mass is 9.99. The zero-order chi connectivity index (χ0) is 34.7. The van der Waals surface area contributed by atoms with Gasteiger partial charge in [0.1, 0.15) is 17.2 Å². The highest BCUT2D eigenvalue weighted by molar-refractivity contribution is 6.99. The van der Waals surface area contributed by atoms with Crippen molar-refractivity contribution in [2.45, 2.75) is 96.7 Å². The number of hydrogen-bond acceptors (Lipinski definition) is 6. The molecule has 254 valence electrons. The second kappa shape index (κ2) is 17.5. The summed E-state index contributed by atoms with van der Waals surface area (Å²) in [4.78, 5) is 38.9. The summed E-state index contributed by atoms with van der Waals surface area (Å²) in [6, 6.07) is 25.4. The highest BCUT2D eigenvalue weighted by atomic mass is 35.5. The highest BCUT2D eigenvalue weighted by Gasteiger charge is 2.50. The normalized spacial score (nSPS) is 12.9. The first-order chi connectivity index (χ1) is 22.1. The van der Waals surface area contributed by atoms with Gasteiger partial charge in [0.05, 0.1) is 16.1 Å². The molecular formula is C38H49Cl2NO5Si. The zero-order valence-electron chi connectivity index (χ0n) is 28.5. The Hall–Kier alpha value is -2.81. The van der Waals surface area contributed by atoms with E-state index in [9.17, 15) is 14.4 Å². The van der Waals surface area contributed by atoms with Gasteiger partial charge in [-0.25, -0.2) is 0 Å². The van der Waals surface area contributed by atoms with Crippen LogP contribution in [0.2, 0.25) is 15.1 Å². The second-order valence-corrected chi connectivity index (χ2v) is 19.0. The Morgan fingerprint density at radius 2 is 1.36 bits per heavy atom. The predicted molar refractivity (Wildman–Crippen MR) is 194 cm³/mol. The van der Waals surface area contributed by atoms with Crippen molar-refractivity contribution in [2.24, 2.45) is 0 Å². The number of halogens is 2. The molecule has 0 saturated carbocycles. The molecule has 9 heteroatoms. The summed E-state index contributed by atoms with van der Waals surface area (Å²) in [5, 5.41) is 6.30. The molecule has 47 heavy (non-hydrogen) atoms. The van der Waals surface area contributed by atoms with E-state index in [-0.39, 0.29) is 54.7 Å². The zero-order valence-corrected chi connectivity index (χ0v) is 31.0. The van der Waals surface area contributed by atoms with Crippen LogP contribution in [0, 0.1) is 0 Å². The number of esters is 1. The van der Waals surface area contributed by atoms with Crippen LogP contribution in [0.4, 0.5) is 0 Å². The minimum absolute atomic E-state index is 0.0397. The van der Waals surface area contributed by atoms with Crippen molar-refractivity contribution in [2.75, 3.05) is 13.2 Å². The number of hydrogen-bond donors (Lipinski definition) is 1. The Bertz CT molecular complexity index is 1430. The molecule has 0 aliphatic heterocycles. The maximum Gasteiger partial charge on any atom is 0.306 e. The molecular weight excluding hydrogens is 649 g/mol. The molecule has 1 N–H and O–H groups in total. The van der Waals surface area contributed by atoms with E-state index in [1.165, 1.54) is 10.4 Å². The monoisotopic (exact) mass is 697 g/mol. The molecule has 0 unspecified atom stereocenters. The van der Waals surface area contributed by atoms with Gasteiger partial charge >= 0.3 is 5.97 Å². The number of ether oxygens (including phenoxy) is 1. The first kappa shape index (κ1) is 38.6. The Labute approximate surface area is 291 Å². The van der Waals surface area contributed by atoms with Crippen molar-refractivity contribution in [3.8, 4) is 0 Å². The van der Waals surface area contributed by atoms with Gasteiger partial charge in [0.25, 0.3) is 8.32 Å². The highest BCUT2D eigenvalue weighted by Crippen LogP contribution is 2.36. The lowest BCUT2D eigenvalue weighted by Crippen LogP contribution is -2.66. The molecule has 0 aromatic heterocycles. The van der Waals surface area contributed by atoms with E-state index in [1.54, 1.807) is 12.1 Å². The van der Waals surface area contributed by atoms with Gasteiger partial charge < -0.3 is 14.5 Å². The van der Waals surface area contributed by atoms with Gasteiger partial charge in [0, 0.05) is 38.8 Å². The molecule has 6 nitrogen and oxygen atoms in total. The van der Waals surface area contributed by atoms with Crippen molar-refractivity contribution in [3.63, 3.8) is 0 Å². The van der Waals surface area contributed by atoms with E-state index in [0.717, 1.165) is 5.56 Å². The third-order valence-corrected chi connectivity index (χ3v) is 13.8. The molecule has 3 aromatic carbocycles. The first-order valence-electron chi connectivity index (χ1n) is 16.3. The molecule has 0 fully saturated rings. The van der Waals surface area contributed by atoms with E-state index in [1.807, 2.05) is 63.2 Å². The van der Waals surface area contributed by atoms with Crippen LogP contribution < -0.4 is 15.7 Å². The largest absolute Gasteiger partial charge is 0.460 e. The predicted octanol–water partition coefficient (Wildman–Crippen LogP) is 7.50. The van der Waals surface area contributed by atoms with Crippen molar-refractivity contribution >= 4 is 59.4 Å². The van der Waals surface area contributed by atoms with Gasteiger partial charge in [-0.1, -0.05) is 111 Å². The van der Waals surface area contributed by atoms with Crippen molar-refractivity contribution < 1.29 is 23.5 Å². The fourth-order valence-electron chi connectivity index (χ4n) is 5.76. The standard InChI is InChI=1S/C38H49Cl2NO5Si/c1-37(2,3)46-36(44)22-20-34(35(43)21-18-28-17-19-32(39)33(40)27-28)41-25-23-29(42)24-26-45-47(38(4,5)6,30-13-9-7-10-14-30)31-15-11-8-12-16-31/h7-17,19,27,34,41H,18,20-26H2,1-6H3/t34-/m1/s1. The third kappa shape index (κ3) is 11.7. The Balaban J connectivity index is 1.63. The van der Waals surface area contributed by atoms with Crippen LogP contribution in [0.15, 0.2) is 78.9 Å². The number of Topliss-reactive ketones (excluding diaryl/α,β-unsaturated/α-hetero) is 2. The van der Waals surface area contributed by atoms with Gasteiger partial charge in [-0.05, 0) is 66.7 Å². The molecule has 0 bridgehead atoms. The number of aryl methyl sites for hydroxylation is 1. The van der Waals surface area contributed by atoms with E-state index in [4.69, 9.17) is 32.4 Å². The smallest absolute Gasteiger partial charge is 0.306 e. The van der Waals surface area contributed by atoms with Gasteiger partial charge in [0.2, 0.25) is 0 Å². The summed E-state index contributed by atoms with van der Waals surface area (Å²) in [6.45, 7) is 12.7. The Morgan fingerprint density at radius 3 is 1.89 bits per heavy atom. The molecule has 1 atom stereocenters. The Morgan fingerprint density at radius 1 is 0.766 bits per heavy atom. The molecule has 0 saturated heterocycles. The summed E-state index contributed by atoms with van der Waals surface area (Å²) >= 11 is 12.2. The summed E-state index contributed by atoms with van der Waals surface area (Å²) in [5.74, 6) is -0.357.